The minimum absolute atomic E-state index is 0.694. The second kappa shape index (κ2) is 3.37. The van der Waals surface area contributed by atoms with Gasteiger partial charge in [0.05, 0.1) is 7.11 Å². The highest BCUT2D eigenvalue weighted by atomic mass is 16.5. The lowest BCUT2D eigenvalue weighted by atomic mass is 10.1. The number of pyridine rings is 1. The molecule has 1 aromatic heterocycles. The van der Waals surface area contributed by atoms with Gasteiger partial charge in [-0.3, -0.25) is 0 Å². The maximum absolute atomic E-state index is 4.98. The van der Waals surface area contributed by atoms with Crippen molar-refractivity contribution < 1.29 is 4.74 Å². The van der Waals surface area contributed by atoms with Crippen LogP contribution >= 0.6 is 0 Å². The normalized spacial score (nSPS) is 9.73. The fourth-order valence-electron chi connectivity index (χ4n) is 1.05. The molecule has 0 radical (unpaired) electrons. The molecule has 0 fully saturated rings. The van der Waals surface area contributed by atoms with Gasteiger partial charge >= 0.3 is 0 Å². The van der Waals surface area contributed by atoms with E-state index in [9.17, 15) is 0 Å². The molecule has 0 saturated heterocycles. The van der Waals surface area contributed by atoms with Crippen LogP contribution in [0.2, 0.25) is 0 Å². The van der Waals surface area contributed by atoms with Gasteiger partial charge in [0.15, 0.2) is 0 Å². The molecular formula is C9H13NO. The van der Waals surface area contributed by atoms with Gasteiger partial charge < -0.3 is 4.74 Å². The number of ether oxygens (including phenoxy) is 1. The summed E-state index contributed by atoms with van der Waals surface area (Å²) >= 11 is 0. The summed E-state index contributed by atoms with van der Waals surface area (Å²) in [5, 5.41) is 0. The fraction of sp³-hybridized carbons (Fsp3) is 0.444. The number of methoxy groups -OCH3 is 1. The monoisotopic (exact) mass is 151 g/mol. The second-order valence-corrected chi connectivity index (χ2v) is 2.45. The summed E-state index contributed by atoms with van der Waals surface area (Å²) in [6, 6.07) is 3.95. The average molecular weight is 151 g/mol. The Bertz CT molecular complexity index is 245. The minimum atomic E-state index is 0.694. The fourth-order valence-corrected chi connectivity index (χ4v) is 1.05. The van der Waals surface area contributed by atoms with Crippen molar-refractivity contribution in [2.75, 3.05) is 7.11 Å². The van der Waals surface area contributed by atoms with Crippen LogP contribution in [0.15, 0.2) is 12.1 Å². The predicted octanol–water partition coefficient (Wildman–Crippen LogP) is 1.96. The molecule has 60 valence electrons. The molecule has 0 saturated carbocycles. The molecule has 2 heteroatoms. The lowest BCUT2D eigenvalue weighted by Gasteiger charge is -2.03. The summed E-state index contributed by atoms with van der Waals surface area (Å²) < 4.78 is 4.98. The Morgan fingerprint density at radius 2 is 2.18 bits per heavy atom. The van der Waals surface area contributed by atoms with Gasteiger partial charge in [0, 0.05) is 11.8 Å². The molecule has 0 aliphatic heterocycles. The van der Waals surface area contributed by atoms with Gasteiger partial charge in [0.2, 0.25) is 5.88 Å². The molecule has 1 heterocycles. The first-order valence-corrected chi connectivity index (χ1v) is 3.78. The van der Waals surface area contributed by atoms with Gasteiger partial charge in [-0.25, -0.2) is 4.98 Å². The highest BCUT2D eigenvalue weighted by Gasteiger charge is 1.98. The van der Waals surface area contributed by atoms with Crippen LogP contribution in [0.5, 0.6) is 5.88 Å². The molecule has 1 aromatic rings. The van der Waals surface area contributed by atoms with E-state index in [1.165, 1.54) is 5.56 Å². The van der Waals surface area contributed by atoms with Crippen LogP contribution in [0.3, 0.4) is 0 Å². The maximum Gasteiger partial charge on any atom is 0.213 e. The van der Waals surface area contributed by atoms with Gasteiger partial charge in [-0.2, -0.15) is 0 Å². The first-order valence-electron chi connectivity index (χ1n) is 3.78. The molecule has 0 N–H and O–H groups in total. The van der Waals surface area contributed by atoms with Gasteiger partial charge in [-0.1, -0.05) is 13.0 Å². The topological polar surface area (TPSA) is 22.1 Å². The van der Waals surface area contributed by atoms with Crippen molar-refractivity contribution in [1.29, 1.82) is 0 Å². The molecule has 0 amide bonds. The quantitative estimate of drug-likeness (QED) is 0.644. The van der Waals surface area contributed by atoms with E-state index in [1.54, 1.807) is 7.11 Å². The number of aryl methyl sites for hydroxylation is 2. The van der Waals surface area contributed by atoms with Crippen molar-refractivity contribution in [2.24, 2.45) is 0 Å². The van der Waals surface area contributed by atoms with Crippen molar-refractivity contribution in [3.05, 3.63) is 23.4 Å². The van der Waals surface area contributed by atoms with Crippen molar-refractivity contribution in [1.82, 2.24) is 4.98 Å². The molecule has 0 aromatic carbocycles. The Kier molecular flexibility index (Phi) is 2.47. The third-order valence-corrected chi connectivity index (χ3v) is 1.76. The molecular weight excluding hydrogens is 138 g/mol. The van der Waals surface area contributed by atoms with E-state index in [0.717, 1.165) is 12.1 Å². The zero-order valence-corrected chi connectivity index (χ0v) is 7.22. The van der Waals surface area contributed by atoms with E-state index < -0.39 is 0 Å². The van der Waals surface area contributed by atoms with Gasteiger partial charge in [0.1, 0.15) is 0 Å². The van der Waals surface area contributed by atoms with Crippen LogP contribution in [0.4, 0.5) is 0 Å². The Hall–Kier alpha value is -1.05. The Balaban J connectivity index is 2.99. The number of nitrogens with zero attached hydrogens (tertiary/aromatic N) is 1. The third-order valence-electron chi connectivity index (χ3n) is 1.76. The van der Waals surface area contributed by atoms with Crippen LogP contribution in [-0.4, -0.2) is 12.1 Å². The summed E-state index contributed by atoms with van der Waals surface area (Å²) in [7, 11) is 1.63. The standard InChI is InChI=1S/C9H13NO/c1-4-8-5-6-9(11-3)10-7(8)2/h5-6H,4H2,1-3H3. The summed E-state index contributed by atoms with van der Waals surface area (Å²) in [4.78, 5) is 4.24. The van der Waals surface area contributed by atoms with Crippen molar-refractivity contribution >= 4 is 0 Å². The summed E-state index contributed by atoms with van der Waals surface area (Å²) in [5.41, 5.74) is 2.35. The van der Waals surface area contributed by atoms with E-state index in [4.69, 9.17) is 4.74 Å². The first-order chi connectivity index (χ1) is 5.27. The SMILES string of the molecule is CCc1ccc(OC)nc1C. The number of rotatable bonds is 2. The minimum Gasteiger partial charge on any atom is -0.481 e. The maximum atomic E-state index is 4.98. The van der Waals surface area contributed by atoms with E-state index in [1.807, 2.05) is 13.0 Å². The zero-order valence-electron chi connectivity index (χ0n) is 7.22. The van der Waals surface area contributed by atoms with Gasteiger partial charge in [-0.15, -0.1) is 0 Å². The smallest absolute Gasteiger partial charge is 0.213 e. The average Bonchev–Trinajstić information content (AvgIpc) is 2.04. The number of aromatic nitrogens is 1. The lowest BCUT2D eigenvalue weighted by Crippen LogP contribution is -1.93. The largest absolute Gasteiger partial charge is 0.481 e. The molecule has 0 spiro atoms. The molecule has 2 nitrogen and oxygen atoms in total. The van der Waals surface area contributed by atoms with Gasteiger partial charge in [-0.05, 0) is 18.9 Å². The van der Waals surface area contributed by atoms with Crippen LogP contribution in [0.25, 0.3) is 0 Å². The van der Waals surface area contributed by atoms with E-state index in [-0.39, 0.29) is 0 Å². The lowest BCUT2D eigenvalue weighted by molar-refractivity contribution is 0.396. The molecule has 11 heavy (non-hydrogen) atoms. The third kappa shape index (κ3) is 1.70. The molecule has 1 rings (SSSR count). The zero-order chi connectivity index (χ0) is 8.27. The highest BCUT2D eigenvalue weighted by molar-refractivity contribution is 5.24. The summed E-state index contributed by atoms with van der Waals surface area (Å²) in [6.07, 6.45) is 1.03. The van der Waals surface area contributed by atoms with Crippen LogP contribution in [0, 0.1) is 6.92 Å². The highest BCUT2D eigenvalue weighted by Crippen LogP contribution is 2.11. The Morgan fingerprint density at radius 3 is 2.64 bits per heavy atom. The van der Waals surface area contributed by atoms with Crippen molar-refractivity contribution in [2.45, 2.75) is 20.3 Å². The number of hydrogen-bond donors (Lipinski definition) is 0. The Morgan fingerprint density at radius 1 is 1.45 bits per heavy atom. The van der Waals surface area contributed by atoms with Crippen molar-refractivity contribution in [3.63, 3.8) is 0 Å². The molecule has 0 unspecified atom stereocenters. The second-order valence-electron chi connectivity index (χ2n) is 2.45. The Labute approximate surface area is 67.2 Å². The number of hydrogen-bond acceptors (Lipinski definition) is 2. The van der Waals surface area contributed by atoms with Gasteiger partial charge in [0.25, 0.3) is 0 Å². The van der Waals surface area contributed by atoms with Crippen molar-refractivity contribution in [3.8, 4) is 5.88 Å². The molecule has 0 aliphatic carbocycles. The first kappa shape index (κ1) is 8.05. The van der Waals surface area contributed by atoms with Crippen LogP contribution in [-0.2, 0) is 6.42 Å². The molecule has 0 atom stereocenters. The molecule has 0 bridgehead atoms. The van der Waals surface area contributed by atoms with E-state index in [0.29, 0.717) is 5.88 Å². The summed E-state index contributed by atoms with van der Waals surface area (Å²) in [5.74, 6) is 0.694. The van der Waals surface area contributed by atoms with E-state index in [2.05, 4.69) is 18.0 Å². The predicted molar refractivity (Wildman–Crippen MR) is 44.9 cm³/mol. The summed E-state index contributed by atoms with van der Waals surface area (Å²) in [6.45, 7) is 4.12. The van der Waals surface area contributed by atoms with Crippen LogP contribution < -0.4 is 4.74 Å². The van der Waals surface area contributed by atoms with Crippen LogP contribution in [0.1, 0.15) is 18.2 Å². The van der Waals surface area contributed by atoms with E-state index >= 15 is 0 Å². The molecule has 0 aliphatic rings.